The van der Waals surface area contributed by atoms with Crippen LogP contribution in [0.25, 0.3) is 0 Å². The summed E-state index contributed by atoms with van der Waals surface area (Å²) in [6, 6.07) is 4.71. The van der Waals surface area contributed by atoms with Gasteiger partial charge in [0.2, 0.25) is 5.91 Å². The van der Waals surface area contributed by atoms with Crippen molar-refractivity contribution in [3.8, 4) is 0 Å². The van der Waals surface area contributed by atoms with Crippen molar-refractivity contribution in [1.29, 1.82) is 0 Å². The molecule has 4 atom stereocenters. The Kier molecular flexibility index (Phi) is 6.69. The van der Waals surface area contributed by atoms with Crippen LogP contribution in [0, 0.1) is 11.8 Å². The molecule has 3 rings (SSSR count). The van der Waals surface area contributed by atoms with Gasteiger partial charge in [0.25, 0.3) is 0 Å². The second kappa shape index (κ2) is 8.76. The summed E-state index contributed by atoms with van der Waals surface area (Å²) in [6.07, 6.45) is -4.07. The van der Waals surface area contributed by atoms with Crippen molar-refractivity contribution in [3.05, 3.63) is 35.4 Å². The van der Waals surface area contributed by atoms with Crippen LogP contribution in [0.15, 0.2) is 24.3 Å². The minimum Gasteiger partial charge on any atom is -0.311 e. The van der Waals surface area contributed by atoms with Gasteiger partial charge in [-0.15, -0.1) is 11.8 Å². The van der Waals surface area contributed by atoms with E-state index in [1.807, 2.05) is 0 Å². The maximum absolute atomic E-state index is 12.9. The third-order valence-electron chi connectivity index (χ3n) is 5.44. The lowest BCUT2D eigenvalue weighted by Crippen LogP contribution is -2.74. The van der Waals surface area contributed by atoms with Crippen LogP contribution in [-0.4, -0.2) is 53.5 Å². The summed E-state index contributed by atoms with van der Waals surface area (Å²) in [4.78, 5) is 27.9. The summed E-state index contributed by atoms with van der Waals surface area (Å²) >= 11 is 1.47. The summed E-state index contributed by atoms with van der Waals surface area (Å²) in [6.45, 7) is 4.18. The van der Waals surface area contributed by atoms with Crippen LogP contribution in [0.5, 0.6) is 0 Å². The highest BCUT2D eigenvalue weighted by atomic mass is 32.2. The SMILES string of the molecule is CC(C)CC1NC(SCc2ccc(C(F)(F)F)cc2)C2C(=O)N(C)C(=O)N(C)C2N1. The average Bonchev–Trinajstić information content (AvgIpc) is 2.67. The van der Waals surface area contributed by atoms with E-state index in [1.165, 1.54) is 30.9 Å². The lowest BCUT2D eigenvalue weighted by atomic mass is 9.95. The number of rotatable bonds is 5. The zero-order valence-electron chi connectivity index (χ0n) is 17.4. The van der Waals surface area contributed by atoms with Crippen LogP contribution in [-0.2, 0) is 16.7 Å². The number of hydrogen-bond acceptors (Lipinski definition) is 5. The molecule has 166 valence electrons. The van der Waals surface area contributed by atoms with Gasteiger partial charge in [0.15, 0.2) is 0 Å². The van der Waals surface area contributed by atoms with E-state index in [2.05, 4.69) is 24.5 Å². The summed E-state index contributed by atoms with van der Waals surface area (Å²) in [5.74, 6) is 0.0777. The van der Waals surface area contributed by atoms with Crippen molar-refractivity contribution in [2.45, 2.75) is 49.9 Å². The fourth-order valence-electron chi connectivity index (χ4n) is 3.85. The van der Waals surface area contributed by atoms with Crippen LogP contribution in [0.1, 0.15) is 31.4 Å². The molecule has 2 aliphatic rings. The number of thioether (sulfide) groups is 1. The van der Waals surface area contributed by atoms with Crippen LogP contribution < -0.4 is 10.6 Å². The van der Waals surface area contributed by atoms with Crippen LogP contribution in [0.4, 0.5) is 18.0 Å². The molecule has 3 amide bonds. The number of carbonyl (C=O) groups excluding carboxylic acids is 2. The van der Waals surface area contributed by atoms with Gasteiger partial charge >= 0.3 is 12.2 Å². The zero-order chi connectivity index (χ0) is 22.2. The van der Waals surface area contributed by atoms with Crippen LogP contribution >= 0.6 is 11.8 Å². The highest BCUT2D eigenvalue weighted by molar-refractivity contribution is 7.99. The van der Waals surface area contributed by atoms with Crippen molar-refractivity contribution in [3.63, 3.8) is 0 Å². The van der Waals surface area contributed by atoms with Gasteiger partial charge in [0, 0.05) is 19.8 Å². The van der Waals surface area contributed by atoms with Crippen LogP contribution in [0.2, 0.25) is 0 Å². The van der Waals surface area contributed by atoms with Crippen molar-refractivity contribution < 1.29 is 22.8 Å². The first kappa shape index (κ1) is 22.9. The van der Waals surface area contributed by atoms with E-state index in [0.29, 0.717) is 11.7 Å². The number of imide groups is 1. The number of benzene rings is 1. The van der Waals surface area contributed by atoms with Crippen molar-refractivity contribution in [2.75, 3.05) is 14.1 Å². The molecular weight excluding hydrogens is 417 g/mol. The average molecular weight is 445 g/mol. The number of halogens is 3. The minimum atomic E-state index is -4.37. The predicted molar refractivity (Wildman–Crippen MR) is 109 cm³/mol. The van der Waals surface area contributed by atoms with Gasteiger partial charge in [-0.2, -0.15) is 13.2 Å². The third kappa shape index (κ3) is 4.76. The molecule has 0 aromatic heterocycles. The van der Waals surface area contributed by atoms with E-state index < -0.39 is 23.8 Å². The monoisotopic (exact) mass is 444 g/mol. The second-order valence-electron chi connectivity index (χ2n) is 8.20. The van der Waals surface area contributed by atoms with Gasteiger partial charge in [-0.05, 0) is 30.0 Å². The Morgan fingerprint density at radius 3 is 2.30 bits per heavy atom. The molecule has 2 saturated heterocycles. The summed E-state index contributed by atoms with van der Waals surface area (Å²) in [5.41, 5.74) is 0.0591. The largest absolute Gasteiger partial charge is 0.416 e. The maximum Gasteiger partial charge on any atom is 0.416 e. The predicted octanol–water partition coefficient (Wildman–Crippen LogP) is 3.30. The first-order valence-electron chi connectivity index (χ1n) is 9.83. The Balaban J connectivity index is 1.77. The standard InChI is InChI=1S/C20H27F3N4O2S/c1-11(2)9-14-24-16-15(18(28)27(4)19(29)26(16)3)17(25-14)30-10-12-5-7-13(8-6-12)20(21,22)23/h5-8,11,14-17,24-25H,9-10H2,1-4H3. The second-order valence-corrected chi connectivity index (χ2v) is 9.33. The van der Waals surface area contributed by atoms with Crippen molar-refractivity contribution in [2.24, 2.45) is 11.8 Å². The van der Waals surface area contributed by atoms with Gasteiger partial charge < -0.3 is 4.90 Å². The topological polar surface area (TPSA) is 64.7 Å². The highest BCUT2D eigenvalue weighted by Crippen LogP contribution is 2.34. The Labute approximate surface area is 178 Å². The first-order chi connectivity index (χ1) is 14.0. The van der Waals surface area contributed by atoms with E-state index in [-0.39, 0.29) is 23.5 Å². The molecule has 2 fully saturated rings. The lowest BCUT2D eigenvalue weighted by Gasteiger charge is -2.50. The third-order valence-corrected chi connectivity index (χ3v) is 6.73. The molecule has 2 heterocycles. The number of fused-ring (bicyclic) bond motifs is 1. The molecule has 4 unspecified atom stereocenters. The fourth-order valence-corrected chi connectivity index (χ4v) is 5.15. The number of nitrogens with zero attached hydrogens (tertiary/aromatic N) is 2. The molecule has 6 nitrogen and oxygen atoms in total. The molecule has 2 aliphatic heterocycles. The minimum absolute atomic E-state index is 0.0807. The number of nitrogens with one attached hydrogen (secondary N) is 2. The molecule has 0 spiro atoms. The van der Waals surface area contributed by atoms with Crippen molar-refractivity contribution >= 4 is 23.7 Å². The molecule has 0 aliphatic carbocycles. The van der Waals surface area contributed by atoms with E-state index in [1.54, 1.807) is 11.9 Å². The highest BCUT2D eigenvalue weighted by Gasteiger charge is 2.50. The Hall–Kier alpha value is -1.78. The van der Waals surface area contributed by atoms with Gasteiger partial charge in [0.1, 0.15) is 0 Å². The molecule has 0 saturated carbocycles. The molecule has 1 aromatic rings. The molecule has 10 heteroatoms. The first-order valence-corrected chi connectivity index (χ1v) is 10.9. The smallest absolute Gasteiger partial charge is 0.311 e. The zero-order valence-corrected chi connectivity index (χ0v) is 18.2. The van der Waals surface area contributed by atoms with E-state index in [4.69, 9.17) is 0 Å². The summed E-state index contributed by atoms with van der Waals surface area (Å²) in [7, 11) is 3.14. The van der Waals surface area contributed by atoms with E-state index in [0.717, 1.165) is 29.0 Å². The Bertz CT molecular complexity index is 787. The van der Waals surface area contributed by atoms with E-state index in [9.17, 15) is 22.8 Å². The van der Waals surface area contributed by atoms with E-state index >= 15 is 0 Å². The van der Waals surface area contributed by atoms with Gasteiger partial charge in [-0.25, -0.2) is 4.79 Å². The fraction of sp³-hybridized carbons (Fsp3) is 0.600. The molecular formula is C20H27F3N4O2S. The van der Waals surface area contributed by atoms with Gasteiger partial charge in [-0.3, -0.25) is 20.3 Å². The van der Waals surface area contributed by atoms with Crippen LogP contribution in [0.3, 0.4) is 0 Å². The van der Waals surface area contributed by atoms with Gasteiger partial charge in [0.05, 0.1) is 29.2 Å². The molecule has 0 radical (unpaired) electrons. The lowest BCUT2D eigenvalue weighted by molar-refractivity contribution is -0.140. The molecule has 2 N–H and O–H groups in total. The number of alkyl halides is 3. The van der Waals surface area contributed by atoms with Crippen molar-refractivity contribution in [1.82, 2.24) is 20.4 Å². The Morgan fingerprint density at radius 2 is 1.73 bits per heavy atom. The molecule has 0 bridgehead atoms. The molecule has 1 aromatic carbocycles. The molecule has 30 heavy (non-hydrogen) atoms. The number of hydrogen-bond donors (Lipinski definition) is 2. The normalized spacial score (nSPS) is 27.6. The van der Waals surface area contributed by atoms with Gasteiger partial charge in [-0.1, -0.05) is 26.0 Å². The number of amides is 3. The summed E-state index contributed by atoms with van der Waals surface area (Å²) in [5, 5.41) is 6.56. The Morgan fingerprint density at radius 1 is 1.10 bits per heavy atom. The summed E-state index contributed by atoms with van der Waals surface area (Å²) < 4.78 is 38.3. The quantitative estimate of drug-likeness (QED) is 0.730. The maximum atomic E-state index is 12.9. The number of carbonyl (C=O) groups is 2. The number of urea groups is 1.